The highest BCUT2D eigenvalue weighted by atomic mass is 16.5. The Morgan fingerprint density at radius 1 is 1.12 bits per heavy atom. The molecular formula is C13H14O4. The van der Waals surface area contributed by atoms with Crippen molar-refractivity contribution in [1.29, 1.82) is 0 Å². The number of benzene rings is 1. The minimum Gasteiger partial charge on any atom is -0.466 e. The Hall–Kier alpha value is -2.10. The zero-order valence-electron chi connectivity index (χ0n) is 10.0. The molecule has 0 amide bonds. The highest BCUT2D eigenvalue weighted by Gasteiger charge is 2.11. The Labute approximate surface area is 99.8 Å². The molecule has 0 bridgehead atoms. The molecule has 0 saturated heterocycles. The smallest absolute Gasteiger partial charge is 0.338 e. The van der Waals surface area contributed by atoms with Crippen LogP contribution in [0.5, 0.6) is 0 Å². The van der Waals surface area contributed by atoms with Crippen molar-refractivity contribution in [3.05, 3.63) is 41.0 Å². The molecule has 0 aromatic heterocycles. The molecule has 0 radical (unpaired) electrons. The average Bonchev–Trinajstić information content (AvgIpc) is 2.37. The lowest BCUT2D eigenvalue weighted by Crippen LogP contribution is -2.05. The summed E-state index contributed by atoms with van der Waals surface area (Å²) in [6.45, 7) is 1.62. The van der Waals surface area contributed by atoms with Crippen molar-refractivity contribution >= 4 is 18.0 Å². The van der Waals surface area contributed by atoms with Gasteiger partial charge < -0.3 is 9.47 Å². The van der Waals surface area contributed by atoms with Crippen molar-refractivity contribution in [1.82, 2.24) is 0 Å². The van der Waals surface area contributed by atoms with Crippen LogP contribution in [-0.2, 0) is 14.3 Å². The number of hydrogen-bond acceptors (Lipinski definition) is 4. The summed E-state index contributed by atoms with van der Waals surface area (Å²) in [4.78, 5) is 22.7. The topological polar surface area (TPSA) is 52.6 Å². The summed E-state index contributed by atoms with van der Waals surface area (Å²) in [6, 6.07) is 6.89. The van der Waals surface area contributed by atoms with Crippen LogP contribution >= 0.6 is 0 Å². The maximum Gasteiger partial charge on any atom is 0.338 e. The summed E-state index contributed by atoms with van der Waals surface area (Å²) in [6.07, 6.45) is 1.60. The summed E-state index contributed by atoms with van der Waals surface area (Å²) in [5.41, 5.74) is 1.46. The maximum absolute atomic E-state index is 11.5. The van der Waals surface area contributed by atoms with Gasteiger partial charge >= 0.3 is 11.9 Å². The Kier molecular flexibility index (Phi) is 4.46. The van der Waals surface area contributed by atoms with E-state index in [0.717, 1.165) is 0 Å². The van der Waals surface area contributed by atoms with Crippen LogP contribution < -0.4 is 0 Å². The van der Waals surface area contributed by atoms with Gasteiger partial charge in [-0.15, -0.1) is 0 Å². The van der Waals surface area contributed by atoms with Gasteiger partial charge in [0.1, 0.15) is 0 Å². The molecular weight excluding hydrogens is 220 g/mol. The fourth-order valence-corrected chi connectivity index (χ4v) is 1.37. The molecule has 0 heterocycles. The van der Waals surface area contributed by atoms with E-state index in [1.807, 2.05) is 0 Å². The monoisotopic (exact) mass is 234 g/mol. The molecule has 4 heteroatoms. The lowest BCUT2D eigenvalue weighted by Gasteiger charge is -2.04. The van der Waals surface area contributed by atoms with Crippen molar-refractivity contribution in [2.75, 3.05) is 14.2 Å². The van der Waals surface area contributed by atoms with Gasteiger partial charge in [0.15, 0.2) is 0 Å². The minimum atomic E-state index is -0.436. The van der Waals surface area contributed by atoms with Gasteiger partial charge in [0.2, 0.25) is 0 Å². The van der Waals surface area contributed by atoms with Crippen molar-refractivity contribution in [3.8, 4) is 0 Å². The van der Waals surface area contributed by atoms with Gasteiger partial charge in [0.05, 0.1) is 19.8 Å². The first-order valence-electron chi connectivity index (χ1n) is 5.04. The molecule has 0 atom stereocenters. The predicted molar refractivity (Wildman–Crippen MR) is 63.4 cm³/mol. The second-order valence-electron chi connectivity index (χ2n) is 3.40. The predicted octanol–water partition coefficient (Wildman–Crippen LogP) is 2.05. The standard InChI is InChI=1S/C13H14O4/c1-9(12(14)16-2)8-10-6-4-5-7-11(10)13(15)17-3/h4-8H,1-3H3/b9-8+. The van der Waals surface area contributed by atoms with Crippen LogP contribution in [0.3, 0.4) is 0 Å². The number of hydrogen-bond donors (Lipinski definition) is 0. The molecule has 90 valence electrons. The van der Waals surface area contributed by atoms with Gasteiger partial charge in [-0.2, -0.15) is 0 Å². The molecule has 0 unspecified atom stereocenters. The number of carbonyl (C=O) groups is 2. The number of methoxy groups -OCH3 is 2. The largest absolute Gasteiger partial charge is 0.466 e. The Morgan fingerprint density at radius 3 is 2.35 bits per heavy atom. The second kappa shape index (κ2) is 5.84. The van der Waals surface area contributed by atoms with Crippen molar-refractivity contribution < 1.29 is 19.1 Å². The van der Waals surface area contributed by atoms with Crippen LogP contribution in [0, 0.1) is 0 Å². The van der Waals surface area contributed by atoms with Gasteiger partial charge in [-0.1, -0.05) is 18.2 Å². The lowest BCUT2D eigenvalue weighted by molar-refractivity contribution is -0.135. The van der Waals surface area contributed by atoms with Gasteiger partial charge in [-0.05, 0) is 24.6 Å². The third kappa shape index (κ3) is 3.17. The van der Waals surface area contributed by atoms with Crippen LogP contribution in [0.1, 0.15) is 22.8 Å². The summed E-state index contributed by atoms with van der Waals surface area (Å²) in [7, 11) is 2.63. The molecule has 17 heavy (non-hydrogen) atoms. The van der Waals surface area contributed by atoms with Crippen LogP contribution in [-0.4, -0.2) is 26.2 Å². The molecule has 0 fully saturated rings. The molecule has 0 saturated carbocycles. The van der Waals surface area contributed by atoms with E-state index in [1.54, 1.807) is 37.3 Å². The highest BCUT2D eigenvalue weighted by Crippen LogP contribution is 2.14. The van der Waals surface area contributed by atoms with Crippen LogP contribution in [0.15, 0.2) is 29.8 Å². The third-order valence-corrected chi connectivity index (χ3v) is 2.25. The first kappa shape index (κ1) is 13.0. The molecule has 1 aromatic rings. The van der Waals surface area contributed by atoms with Gasteiger partial charge in [0, 0.05) is 5.57 Å². The van der Waals surface area contributed by atoms with E-state index in [2.05, 4.69) is 9.47 Å². The summed E-state index contributed by atoms with van der Waals surface area (Å²) < 4.78 is 9.25. The first-order valence-corrected chi connectivity index (χ1v) is 5.04. The molecule has 4 nitrogen and oxygen atoms in total. The summed E-state index contributed by atoms with van der Waals surface area (Å²) in [5.74, 6) is -0.862. The Bertz CT molecular complexity index is 460. The maximum atomic E-state index is 11.5. The zero-order chi connectivity index (χ0) is 12.8. The Morgan fingerprint density at radius 2 is 1.76 bits per heavy atom. The molecule has 1 rings (SSSR count). The quantitative estimate of drug-likeness (QED) is 0.593. The van der Waals surface area contributed by atoms with Gasteiger partial charge in [-0.3, -0.25) is 0 Å². The summed E-state index contributed by atoms with van der Waals surface area (Å²) >= 11 is 0. The minimum absolute atomic E-state index is 0.415. The van der Waals surface area contributed by atoms with E-state index in [1.165, 1.54) is 14.2 Å². The molecule has 0 N–H and O–H groups in total. The number of ether oxygens (including phenoxy) is 2. The summed E-state index contributed by atoms with van der Waals surface area (Å²) in [5, 5.41) is 0. The highest BCUT2D eigenvalue weighted by molar-refractivity contribution is 5.98. The number of esters is 2. The SMILES string of the molecule is COC(=O)/C(C)=C/c1ccccc1C(=O)OC. The zero-order valence-corrected chi connectivity index (χ0v) is 10.0. The van der Waals surface area contributed by atoms with Crippen LogP contribution in [0.25, 0.3) is 6.08 Å². The molecule has 0 aliphatic carbocycles. The van der Waals surface area contributed by atoms with E-state index in [0.29, 0.717) is 16.7 Å². The molecule has 1 aromatic carbocycles. The van der Waals surface area contributed by atoms with E-state index < -0.39 is 11.9 Å². The van der Waals surface area contributed by atoms with Crippen molar-refractivity contribution in [2.45, 2.75) is 6.92 Å². The second-order valence-corrected chi connectivity index (χ2v) is 3.40. The van der Waals surface area contributed by atoms with Crippen molar-refractivity contribution in [3.63, 3.8) is 0 Å². The van der Waals surface area contributed by atoms with Crippen molar-refractivity contribution in [2.24, 2.45) is 0 Å². The molecule has 0 aliphatic heterocycles. The molecule has 0 spiro atoms. The first-order chi connectivity index (χ1) is 8.10. The lowest BCUT2D eigenvalue weighted by atomic mass is 10.1. The third-order valence-electron chi connectivity index (χ3n) is 2.25. The fraction of sp³-hybridized carbons (Fsp3) is 0.231. The normalized spacial score (nSPS) is 10.9. The van der Waals surface area contributed by atoms with Gasteiger partial charge in [-0.25, -0.2) is 9.59 Å². The van der Waals surface area contributed by atoms with E-state index >= 15 is 0 Å². The van der Waals surface area contributed by atoms with Crippen LogP contribution in [0.4, 0.5) is 0 Å². The van der Waals surface area contributed by atoms with E-state index in [-0.39, 0.29) is 0 Å². The van der Waals surface area contributed by atoms with E-state index in [9.17, 15) is 9.59 Å². The van der Waals surface area contributed by atoms with Crippen LogP contribution in [0.2, 0.25) is 0 Å². The average molecular weight is 234 g/mol. The number of carbonyl (C=O) groups excluding carboxylic acids is 2. The molecule has 0 aliphatic rings. The van der Waals surface area contributed by atoms with Gasteiger partial charge in [0.25, 0.3) is 0 Å². The number of rotatable bonds is 3. The van der Waals surface area contributed by atoms with E-state index in [4.69, 9.17) is 0 Å². The Balaban J connectivity index is 3.14. The fourth-order valence-electron chi connectivity index (χ4n) is 1.37.